The van der Waals surface area contributed by atoms with Crippen molar-refractivity contribution in [3.63, 3.8) is 0 Å². The normalized spacial score (nSPS) is 10.8. The number of halogens is 1. The molecule has 0 saturated carbocycles. The van der Waals surface area contributed by atoms with Crippen LogP contribution in [0.15, 0.2) is 36.7 Å². The van der Waals surface area contributed by atoms with Crippen LogP contribution in [0.3, 0.4) is 0 Å². The predicted octanol–water partition coefficient (Wildman–Crippen LogP) is 2.35. The Morgan fingerprint density at radius 1 is 1.29 bits per heavy atom. The van der Waals surface area contributed by atoms with Crippen molar-refractivity contribution >= 4 is 11.6 Å². The fourth-order valence-electron chi connectivity index (χ4n) is 1.92. The van der Waals surface area contributed by atoms with Crippen LogP contribution in [0.25, 0.3) is 0 Å². The van der Waals surface area contributed by atoms with Gasteiger partial charge in [0.15, 0.2) is 0 Å². The van der Waals surface area contributed by atoms with E-state index in [2.05, 4.69) is 10.4 Å². The van der Waals surface area contributed by atoms with Crippen LogP contribution in [0, 0.1) is 0 Å². The SMILES string of the molecule is COCCNCc1c(Cl)cccc1OCCn1cccn1. The van der Waals surface area contributed by atoms with Gasteiger partial charge in [0.2, 0.25) is 0 Å². The molecule has 21 heavy (non-hydrogen) atoms. The number of aromatic nitrogens is 2. The Morgan fingerprint density at radius 2 is 2.19 bits per heavy atom. The van der Waals surface area contributed by atoms with Gasteiger partial charge in [-0.25, -0.2) is 0 Å². The summed E-state index contributed by atoms with van der Waals surface area (Å²) in [6, 6.07) is 7.59. The molecule has 2 rings (SSSR count). The molecule has 0 amide bonds. The largest absolute Gasteiger partial charge is 0.491 e. The van der Waals surface area contributed by atoms with Gasteiger partial charge in [0, 0.05) is 43.2 Å². The first-order valence-electron chi connectivity index (χ1n) is 6.88. The highest BCUT2D eigenvalue weighted by Gasteiger charge is 2.08. The van der Waals surface area contributed by atoms with Crippen molar-refractivity contribution in [2.45, 2.75) is 13.1 Å². The third kappa shape index (κ3) is 5.04. The molecule has 0 radical (unpaired) electrons. The van der Waals surface area contributed by atoms with E-state index in [0.29, 0.717) is 31.3 Å². The summed E-state index contributed by atoms with van der Waals surface area (Å²) in [5.41, 5.74) is 0.968. The Hall–Kier alpha value is -1.56. The van der Waals surface area contributed by atoms with Crippen molar-refractivity contribution in [1.29, 1.82) is 0 Å². The molecule has 114 valence electrons. The summed E-state index contributed by atoms with van der Waals surface area (Å²) in [5.74, 6) is 0.805. The molecule has 0 aliphatic heterocycles. The lowest BCUT2D eigenvalue weighted by molar-refractivity contribution is 0.199. The molecule has 0 unspecified atom stereocenters. The molecule has 5 nitrogen and oxygen atoms in total. The molecular formula is C15H20ClN3O2. The Labute approximate surface area is 129 Å². The molecule has 0 aliphatic rings. The van der Waals surface area contributed by atoms with Crippen molar-refractivity contribution in [1.82, 2.24) is 15.1 Å². The van der Waals surface area contributed by atoms with E-state index in [4.69, 9.17) is 21.1 Å². The molecular weight excluding hydrogens is 290 g/mol. The molecule has 0 bridgehead atoms. The third-order valence-corrected chi connectivity index (χ3v) is 3.35. The van der Waals surface area contributed by atoms with Crippen molar-refractivity contribution in [3.8, 4) is 5.75 Å². The lowest BCUT2D eigenvalue weighted by atomic mass is 10.2. The third-order valence-electron chi connectivity index (χ3n) is 3.00. The van der Waals surface area contributed by atoms with Crippen molar-refractivity contribution < 1.29 is 9.47 Å². The van der Waals surface area contributed by atoms with E-state index < -0.39 is 0 Å². The summed E-state index contributed by atoms with van der Waals surface area (Å²) in [4.78, 5) is 0. The fourth-order valence-corrected chi connectivity index (χ4v) is 2.15. The van der Waals surface area contributed by atoms with Gasteiger partial charge in [0.05, 0.1) is 13.2 Å². The van der Waals surface area contributed by atoms with Gasteiger partial charge in [-0.2, -0.15) is 5.10 Å². The molecule has 1 heterocycles. The van der Waals surface area contributed by atoms with Crippen LogP contribution in [0.1, 0.15) is 5.56 Å². The first kappa shape index (κ1) is 15.8. The number of nitrogens with one attached hydrogen (secondary N) is 1. The molecule has 0 aliphatic carbocycles. The maximum Gasteiger partial charge on any atom is 0.125 e. The first-order chi connectivity index (χ1) is 10.3. The lowest BCUT2D eigenvalue weighted by Crippen LogP contribution is -2.19. The minimum atomic E-state index is 0.549. The maximum absolute atomic E-state index is 6.25. The van der Waals surface area contributed by atoms with E-state index in [1.54, 1.807) is 13.3 Å². The van der Waals surface area contributed by atoms with Gasteiger partial charge >= 0.3 is 0 Å². The number of hydrogen-bond donors (Lipinski definition) is 1. The van der Waals surface area contributed by atoms with Crippen molar-refractivity contribution in [3.05, 3.63) is 47.2 Å². The Kier molecular flexibility index (Phi) is 6.53. The van der Waals surface area contributed by atoms with Crippen molar-refractivity contribution in [2.75, 3.05) is 26.9 Å². The predicted molar refractivity (Wildman–Crippen MR) is 82.8 cm³/mol. The second kappa shape index (κ2) is 8.67. The second-order valence-electron chi connectivity index (χ2n) is 4.50. The van der Waals surface area contributed by atoms with E-state index in [0.717, 1.165) is 17.9 Å². The number of benzene rings is 1. The molecule has 0 saturated heterocycles. The minimum Gasteiger partial charge on any atom is -0.491 e. The van der Waals surface area contributed by atoms with Gasteiger partial charge in [0.25, 0.3) is 0 Å². The molecule has 0 fully saturated rings. The van der Waals surface area contributed by atoms with Crippen LogP contribution in [-0.4, -0.2) is 36.6 Å². The average molecular weight is 310 g/mol. The smallest absolute Gasteiger partial charge is 0.125 e. The van der Waals surface area contributed by atoms with Crippen LogP contribution in [0.5, 0.6) is 5.75 Å². The number of rotatable bonds is 9. The highest BCUT2D eigenvalue weighted by atomic mass is 35.5. The molecule has 0 atom stereocenters. The highest BCUT2D eigenvalue weighted by molar-refractivity contribution is 6.31. The van der Waals surface area contributed by atoms with E-state index in [9.17, 15) is 0 Å². The van der Waals surface area contributed by atoms with Gasteiger partial charge in [-0.3, -0.25) is 4.68 Å². The molecule has 0 spiro atoms. The first-order valence-corrected chi connectivity index (χ1v) is 7.26. The number of hydrogen-bond acceptors (Lipinski definition) is 4. The quantitative estimate of drug-likeness (QED) is 0.722. The van der Waals surface area contributed by atoms with Crippen molar-refractivity contribution in [2.24, 2.45) is 0 Å². The molecule has 1 aromatic carbocycles. The van der Waals surface area contributed by atoms with E-state index >= 15 is 0 Å². The van der Waals surface area contributed by atoms with Gasteiger partial charge in [-0.1, -0.05) is 17.7 Å². The van der Waals surface area contributed by atoms with Crippen LogP contribution in [0.2, 0.25) is 5.02 Å². The van der Waals surface area contributed by atoms with Crippen LogP contribution in [-0.2, 0) is 17.8 Å². The summed E-state index contributed by atoms with van der Waals surface area (Å²) >= 11 is 6.25. The summed E-state index contributed by atoms with van der Waals surface area (Å²) in [7, 11) is 1.68. The van der Waals surface area contributed by atoms with E-state index in [-0.39, 0.29) is 0 Å². The summed E-state index contributed by atoms with van der Waals surface area (Å²) in [5, 5.41) is 8.13. The number of ether oxygens (including phenoxy) is 2. The Morgan fingerprint density at radius 3 is 2.95 bits per heavy atom. The average Bonchev–Trinajstić information content (AvgIpc) is 2.99. The van der Waals surface area contributed by atoms with Crippen LogP contribution < -0.4 is 10.1 Å². The van der Waals surface area contributed by atoms with E-state index in [1.807, 2.05) is 35.1 Å². The zero-order valence-electron chi connectivity index (χ0n) is 12.1. The Bertz CT molecular complexity index is 532. The topological polar surface area (TPSA) is 48.3 Å². The monoisotopic (exact) mass is 309 g/mol. The second-order valence-corrected chi connectivity index (χ2v) is 4.91. The van der Waals surface area contributed by atoms with Gasteiger partial charge in [-0.15, -0.1) is 0 Å². The molecule has 6 heteroatoms. The molecule has 1 aromatic heterocycles. The van der Waals surface area contributed by atoms with Crippen LogP contribution in [0.4, 0.5) is 0 Å². The molecule has 2 aromatic rings. The minimum absolute atomic E-state index is 0.549. The maximum atomic E-state index is 6.25. The fraction of sp³-hybridized carbons (Fsp3) is 0.400. The number of methoxy groups -OCH3 is 1. The molecule has 1 N–H and O–H groups in total. The zero-order chi connectivity index (χ0) is 14.9. The highest BCUT2D eigenvalue weighted by Crippen LogP contribution is 2.26. The van der Waals surface area contributed by atoms with Gasteiger partial charge < -0.3 is 14.8 Å². The van der Waals surface area contributed by atoms with Gasteiger partial charge in [0.1, 0.15) is 12.4 Å². The van der Waals surface area contributed by atoms with E-state index in [1.165, 1.54) is 0 Å². The Balaban J connectivity index is 1.89. The zero-order valence-corrected chi connectivity index (χ0v) is 12.8. The lowest BCUT2D eigenvalue weighted by Gasteiger charge is -2.13. The number of nitrogens with zero attached hydrogens (tertiary/aromatic N) is 2. The summed E-state index contributed by atoms with van der Waals surface area (Å²) in [6.45, 7) is 3.34. The van der Waals surface area contributed by atoms with Gasteiger partial charge in [-0.05, 0) is 18.2 Å². The summed E-state index contributed by atoms with van der Waals surface area (Å²) in [6.07, 6.45) is 3.67. The summed E-state index contributed by atoms with van der Waals surface area (Å²) < 4.78 is 12.7. The standard InChI is InChI=1S/C15H20ClN3O2/c1-20-10-7-17-12-13-14(16)4-2-5-15(13)21-11-9-19-8-3-6-18-19/h2-6,8,17H,7,9-12H2,1H3. The van der Waals surface area contributed by atoms with Crippen LogP contribution >= 0.6 is 11.6 Å².